The summed E-state index contributed by atoms with van der Waals surface area (Å²) in [5.41, 5.74) is 1.06. The van der Waals surface area contributed by atoms with Gasteiger partial charge in [-0.1, -0.05) is 6.92 Å². The molecular formula is C9H13N5S. The lowest BCUT2D eigenvalue weighted by Crippen LogP contribution is -2.17. The molecule has 0 aromatic carbocycles. The molecule has 0 saturated heterocycles. The zero-order valence-corrected chi connectivity index (χ0v) is 9.53. The van der Waals surface area contributed by atoms with Gasteiger partial charge in [-0.15, -0.1) is 21.5 Å². The van der Waals surface area contributed by atoms with Gasteiger partial charge >= 0.3 is 0 Å². The lowest BCUT2D eigenvalue weighted by molar-refractivity contribution is 0.585. The second-order valence-corrected chi connectivity index (χ2v) is 4.04. The third-order valence-corrected chi connectivity index (χ3v) is 2.98. The number of hydrogen-bond donors (Lipinski definition) is 1. The van der Waals surface area contributed by atoms with Gasteiger partial charge in [0.1, 0.15) is 12.7 Å². The van der Waals surface area contributed by atoms with Crippen LogP contribution in [0.15, 0.2) is 18.0 Å². The summed E-state index contributed by atoms with van der Waals surface area (Å²) in [5.74, 6) is 0. The van der Waals surface area contributed by atoms with Crippen LogP contribution in [0.1, 0.15) is 25.6 Å². The van der Waals surface area contributed by atoms with Crippen LogP contribution in [0.3, 0.4) is 0 Å². The molecule has 1 atom stereocenters. The van der Waals surface area contributed by atoms with Gasteiger partial charge in [-0.3, -0.25) is 4.57 Å². The molecule has 15 heavy (non-hydrogen) atoms. The Hall–Kier alpha value is -1.27. The zero-order chi connectivity index (χ0) is 10.7. The number of nitrogens with one attached hydrogen (secondary N) is 1. The van der Waals surface area contributed by atoms with Crippen LogP contribution in [0, 0.1) is 0 Å². The van der Waals surface area contributed by atoms with Crippen molar-refractivity contribution >= 4 is 11.3 Å². The van der Waals surface area contributed by atoms with Crippen LogP contribution in [0.4, 0.5) is 0 Å². The van der Waals surface area contributed by atoms with Gasteiger partial charge in [0.2, 0.25) is 0 Å². The van der Waals surface area contributed by atoms with Crippen molar-refractivity contribution in [2.24, 2.45) is 0 Å². The molecule has 0 aliphatic rings. The van der Waals surface area contributed by atoms with Crippen molar-refractivity contribution < 1.29 is 0 Å². The molecule has 2 rings (SSSR count). The molecule has 1 unspecified atom stereocenters. The molecule has 0 aliphatic heterocycles. The standard InChI is InChI=1S/C9H13N5S/c1-3-10-7(2)8-4-15-9(13-8)14-5-11-12-6-14/h4-7,10H,3H2,1-2H3. The monoisotopic (exact) mass is 223 g/mol. The third-order valence-electron chi connectivity index (χ3n) is 2.10. The summed E-state index contributed by atoms with van der Waals surface area (Å²) >= 11 is 1.59. The van der Waals surface area contributed by atoms with E-state index in [4.69, 9.17) is 0 Å². The highest BCUT2D eigenvalue weighted by molar-refractivity contribution is 7.12. The third kappa shape index (κ3) is 2.21. The Kier molecular flexibility index (Phi) is 3.08. The van der Waals surface area contributed by atoms with Crippen molar-refractivity contribution in [1.29, 1.82) is 0 Å². The Morgan fingerprint density at radius 2 is 2.20 bits per heavy atom. The van der Waals surface area contributed by atoms with E-state index in [1.54, 1.807) is 24.0 Å². The van der Waals surface area contributed by atoms with Crippen LogP contribution < -0.4 is 5.32 Å². The Balaban J connectivity index is 2.17. The maximum Gasteiger partial charge on any atom is 0.196 e. The molecule has 0 bridgehead atoms. The van der Waals surface area contributed by atoms with Crippen molar-refractivity contribution in [3.8, 4) is 5.13 Å². The fourth-order valence-electron chi connectivity index (χ4n) is 1.30. The number of thiazole rings is 1. The maximum atomic E-state index is 4.51. The molecule has 2 aromatic heterocycles. The van der Waals surface area contributed by atoms with E-state index in [0.29, 0.717) is 0 Å². The molecule has 1 N–H and O–H groups in total. The van der Waals surface area contributed by atoms with Crippen molar-refractivity contribution in [2.75, 3.05) is 6.54 Å². The summed E-state index contributed by atoms with van der Waals surface area (Å²) in [5, 5.41) is 13.8. The first-order valence-electron chi connectivity index (χ1n) is 4.85. The first-order chi connectivity index (χ1) is 7.31. The molecule has 0 aliphatic carbocycles. The molecule has 6 heteroatoms. The van der Waals surface area contributed by atoms with E-state index in [2.05, 4.69) is 39.7 Å². The smallest absolute Gasteiger partial charge is 0.196 e. The predicted octanol–water partition coefficient (Wildman–Crippen LogP) is 1.39. The zero-order valence-electron chi connectivity index (χ0n) is 8.71. The second kappa shape index (κ2) is 4.50. The minimum Gasteiger partial charge on any atom is -0.309 e. The quantitative estimate of drug-likeness (QED) is 0.851. The fraction of sp³-hybridized carbons (Fsp3) is 0.444. The Morgan fingerprint density at radius 3 is 2.87 bits per heavy atom. The largest absolute Gasteiger partial charge is 0.309 e. The first kappa shape index (κ1) is 10.3. The van der Waals surface area contributed by atoms with Gasteiger partial charge in [-0.05, 0) is 13.5 Å². The summed E-state index contributed by atoms with van der Waals surface area (Å²) in [4.78, 5) is 4.51. The minimum atomic E-state index is 0.288. The van der Waals surface area contributed by atoms with E-state index >= 15 is 0 Å². The van der Waals surface area contributed by atoms with E-state index < -0.39 is 0 Å². The lowest BCUT2D eigenvalue weighted by Gasteiger charge is -2.07. The van der Waals surface area contributed by atoms with Gasteiger partial charge in [0.25, 0.3) is 0 Å². The van der Waals surface area contributed by atoms with Crippen LogP contribution in [0.25, 0.3) is 5.13 Å². The fourth-order valence-corrected chi connectivity index (χ4v) is 2.16. The average Bonchev–Trinajstić information content (AvgIpc) is 2.89. The van der Waals surface area contributed by atoms with Gasteiger partial charge in [-0.25, -0.2) is 4.98 Å². The highest BCUT2D eigenvalue weighted by Gasteiger charge is 2.09. The molecular weight excluding hydrogens is 210 g/mol. The molecule has 5 nitrogen and oxygen atoms in total. The SMILES string of the molecule is CCNC(C)c1csc(-n2cnnc2)n1. The number of nitrogens with zero attached hydrogens (tertiary/aromatic N) is 4. The van der Waals surface area contributed by atoms with Crippen LogP contribution in [-0.4, -0.2) is 26.3 Å². The summed E-state index contributed by atoms with van der Waals surface area (Å²) in [6.07, 6.45) is 3.31. The van der Waals surface area contributed by atoms with Crippen molar-refractivity contribution in [3.63, 3.8) is 0 Å². The molecule has 0 radical (unpaired) electrons. The van der Waals surface area contributed by atoms with Gasteiger partial charge in [-0.2, -0.15) is 0 Å². The summed E-state index contributed by atoms with van der Waals surface area (Å²) < 4.78 is 1.81. The molecule has 0 spiro atoms. The topological polar surface area (TPSA) is 55.6 Å². The molecule has 0 saturated carbocycles. The number of rotatable bonds is 4. The van der Waals surface area contributed by atoms with Crippen LogP contribution in [-0.2, 0) is 0 Å². The minimum absolute atomic E-state index is 0.288. The van der Waals surface area contributed by atoms with Gasteiger partial charge in [0.15, 0.2) is 5.13 Å². The van der Waals surface area contributed by atoms with Gasteiger partial charge in [0.05, 0.1) is 5.69 Å². The van der Waals surface area contributed by atoms with E-state index in [1.807, 2.05) is 4.57 Å². The molecule has 0 amide bonds. The number of hydrogen-bond acceptors (Lipinski definition) is 5. The summed E-state index contributed by atoms with van der Waals surface area (Å²) in [6.45, 7) is 5.14. The molecule has 0 fully saturated rings. The van der Waals surface area contributed by atoms with Crippen molar-refractivity contribution in [1.82, 2.24) is 25.1 Å². The van der Waals surface area contributed by atoms with Crippen LogP contribution >= 0.6 is 11.3 Å². The Morgan fingerprint density at radius 1 is 1.47 bits per heavy atom. The van der Waals surface area contributed by atoms with E-state index in [1.165, 1.54) is 0 Å². The molecule has 2 aromatic rings. The van der Waals surface area contributed by atoms with Crippen LogP contribution in [0.5, 0.6) is 0 Å². The van der Waals surface area contributed by atoms with Gasteiger partial charge < -0.3 is 5.32 Å². The Labute approximate surface area is 92.2 Å². The normalized spacial score (nSPS) is 12.9. The molecule has 80 valence electrons. The molecule has 2 heterocycles. The summed E-state index contributed by atoms with van der Waals surface area (Å²) in [7, 11) is 0. The number of aromatic nitrogens is 4. The average molecular weight is 223 g/mol. The van der Waals surface area contributed by atoms with Crippen LogP contribution in [0.2, 0.25) is 0 Å². The van der Waals surface area contributed by atoms with Crippen molar-refractivity contribution in [3.05, 3.63) is 23.7 Å². The second-order valence-electron chi connectivity index (χ2n) is 3.20. The highest BCUT2D eigenvalue weighted by Crippen LogP contribution is 2.18. The van der Waals surface area contributed by atoms with Crippen molar-refractivity contribution in [2.45, 2.75) is 19.9 Å². The lowest BCUT2D eigenvalue weighted by atomic mass is 10.3. The van der Waals surface area contributed by atoms with E-state index in [0.717, 1.165) is 17.4 Å². The highest BCUT2D eigenvalue weighted by atomic mass is 32.1. The van der Waals surface area contributed by atoms with E-state index in [-0.39, 0.29) is 6.04 Å². The maximum absolute atomic E-state index is 4.51. The predicted molar refractivity (Wildman–Crippen MR) is 59.1 cm³/mol. The van der Waals surface area contributed by atoms with E-state index in [9.17, 15) is 0 Å². The Bertz CT molecular complexity index is 408. The van der Waals surface area contributed by atoms with Gasteiger partial charge in [0, 0.05) is 11.4 Å². The first-order valence-corrected chi connectivity index (χ1v) is 5.73. The summed E-state index contributed by atoms with van der Waals surface area (Å²) in [6, 6.07) is 0.288.